The maximum absolute atomic E-state index is 5.74. The molecule has 2 aromatic heterocycles. The molecule has 0 amide bonds. The van der Waals surface area contributed by atoms with Gasteiger partial charge in [0, 0.05) is 7.05 Å². The highest BCUT2D eigenvalue weighted by molar-refractivity contribution is 6.28. The third-order valence-corrected chi connectivity index (χ3v) is 2.55. The molecule has 0 aliphatic heterocycles. The van der Waals surface area contributed by atoms with Gasteiger partial charge in [0.25, 0.3) is 0 Å². The minimum absolute atomic E-state index is 0.0102. The second kappa shape index (κ2) is 4.77. The maximum atomic E-state index is 5.74. The van der Waals surface area contributed by atoms with Gasteiger partial charge >= 0.3 is 12.0 Å². The van der Waals surface area contributed by atoms with Crippen LogP contribution < -0.4 is 9.47 Å². The third-order valence-electron chi connectivity index (χ3n) is 2.39. The highest BCUT2D eigenvalue weighted by atomic mass is 35.5. The SMILES string of the molecule is COc1nc(Cl)nc(Oc2c(C)nn(C)c2C)n1. The van der Waals surface area contributed by atoms with E-state index in [1.54, 1.807) is 4.68 Å². The minimum Gasteiger partial charge on any atom is -0.467 e. The summed E-state index contributed by atoms with van der Waals surface area (Å²) in [5, 5.41) is 4.24. The Balaban J connectivity index is 2.36. The topological polar surface area (TPSA) is 75.0 Å². The highest BCUT2D eigenvalue weighted by Crippen LogP contribution is 2.26. The number of aryl methyl sites for hydroxylation is 2. The van der Waals surface area contributed by atoms with Crippen LogP contribution in [0.15, 0.2) is 0 Å². The minimum atomic E-state index is 0.0102. The largest absolute Gasteiger partial charge is 0.467 e. The Kier molecular flexibility index (Phi) is 3.33. The third kappa shape index (κ3) is 2.35. The lowest BCUT2D eigenvalue weighted by molar-refractivity contribution is 0.358. The summed E-state index contributed by atoms with van der Waals surface area (Å²) in [5.74, 6) is 0.599. The van der Waals surface area contributed by atoms with Crippen LogP contribution in [-0.2, 0) is 7.05 Å². The van der Waals surface area contributed by atoms with E-state index < -0.39 is 0 Å². The molecule has 0 spiro atoms. The molecule has 0 bridgehead atoms. The monoisotopic (exact) mass is 269 g/mol. The van der Waals surface area contributed by atoms with Crippen LogP contribution in [0.2, 0.25) is 5.28 Å². The molecular formula is C10H12ClN5O2. The Bertz CT molecular complexity index is 584. The summed E-state index contributed by atoms with van der Waals surface area (Å²) < 4.78 is 12.2. The van der Waals surface area contributed by atoms with Gasteiger partial charge in [-0.1, -0.05) is 0 Å². The zero-order valence-corrected chi connectivity index (χ0v) is 11.2. The van der Waals surface area contributed by atoms with Crippen LogP contribution in [0.25, 0.3) is 0 Å². The molecule has 0 atom stereocenters. The smallest absolute Gasteiger partial charge is 0.329 e. The van der Waals surface area contributed by atoms with Crippen molar-refractivity contribution in [3.8, 4) is 17.8 Å². The summed E-state index contributed by atoms with van der Waals surface area (Å²) in [6.07, 6.45) is 0. The first-order valence-electron chi connectivity index (χ1n) is 5.15. The van der Waals surface area contributed by atoms with Crippen LogP contribution in [0.4, 0.5) is 0 Å². The molecule has 0 aliphatic carbocycles. The number of hydrogen-bond acceptors (Lipinski definition) is 6. The van der Waals surface area contributed by atoms with Crippen molar-refractivity contribution in [1.29, 1.82) is 0 Å². The standard InChI is InChI=1S/C10H12ClN5O2/c1-5-7(6(2)16(3)15-5)18-10-13-8(11)12-9(14-10)17-4/h1-4H3. The van der Waals surface area contributed by atoms with Crippen LogP contribution in [0.1, 0.15) is 11.4 Å². The molecule has 8 heteroatoms. The summed E-state index contributed by atoms with van der Waals surface area (Å²) >= 11 is 5.74. The Morgan fingerprint density at radius 1 is 1.11 bits per heavy atom. The van der Waals surface area contributed by atoms with Gasteiger partial charge in [-0.15, -0.1) is 4.98 Å². The van der Waals surface area contributed by atoms with E-state index in [0.717, 1.165) is 11.4 Å². The lowest BCUT2D eigenvalue weighted by Gasteiger charge is -2.05. The van der Waals surface area contributed by atoms with Gasteiger partial charge in [-0.2, -0.15) is 15.1 Å². The molecule has 0 radical (unpaired) electrons. The maximum Gasteiger partial charge on any atom is 0.329 e. The number of ether oxygens (including phenoxy) is 2. The molecule has 0 saturated heterocycles. The Morgan fingerprint density at radius 2 is 1.78 bits per heavy atom. The fraction of sp³-hybridized carbons (Fsp3) is 0.400. The van der Waals surface area contributed by atoms with Gasteiger partial charge in [0.1, 0.15) is 5.69 Å². The van der Waals surface area contributed by atoms with E-state index in [9.17, 15) is 0 Å². The van der Waals surface area contributed by atoms with Crippen LogP contribution in [-0.4, -0.2) is 31.8 Å². The van der Waals surface area contributed by atoms with Gasteiger partial charge in [0.2, 0.25) is 5.28 Å². The fourth-order valence-electron chi connectivity index (χ4n) is 1.44. The summed E-state index contributed by atoms with van der Waals surface area (Å²) in [6, 6.07) is 0.176. The van der Waals surface area contributed by atoms with E-state index in [4.69, 9.17) is 21.1 Å². The van der Waals surface area contributed by atoms with Crippen LogP contribution >= 0.6 is 11.6 Å². The fourth-order valence-corrected chi connectivity index (χ4v) is 1.59. The number of rotatable bonds is 3. The molecule has 0 aliphatic rings. The van der Waals surface area contributed by atoms with Crippen LogP contribution in [0, 0.1) is 13.8 Å². The van der Waals surface area contributed by atoms with Crippen molar-refractivity contribution < 1.29 is 9.47 Å². The van der Waals surface area contributed by atoms with Crippen LogP contribution in [0.5, 0.6) is 17.8 Å². The van der Waals surface area contributed by atoms with Crippen molar-refractivity contribution in [3.63, 3.8) is 0 Å². The first-order valence-corrected chi connectivity index (χ1v) is 5.52. The van der Waals surface area contributed by atoms with E-state index in [1.807, 2.05) is 20.9 Å². The van der Waals surface area contributed by atoms with Gasteiger partial charge in [-0.05, 0) is 25.4 Å². The molecule has 0 fully saturated rings. The average Bonchev–Trinajstić information content (AvgIpc) is 2.55. The van der Waals surface area contributed by atoms with E-state index in [2.05, 4.69) is 20.1 Å². The summed E-state index contributed by atoms with van der Waals surface area (Å²) in [5.41, 5.74) is 1.61. The highest BCUT2D eigenvalue weighted by Gasteiger charge is 2.14. The van der Waals surface area contributed by atoms with E-state index in [0.29, 0.717) is 5.75 Å². The van der Waals surface area contributed by atoms with Gasteiger partial charge in [0.05, 0.1) is 12.8 Å². The second-order valence-electron chi connectivity index (χ2n) is 3.60. The van der Waals surface area contributed by atoms with Crippen molar-refractivity contribution in [3.05, 3.63) is 16.7 Å². The molecule has 2 heterocycles. The molecular weight excluding hydrogens is 258 g/mol. The Labute approximate surface area is 109 Å². The summed E-state index contributed by atoms with van der Waals surface area (Å²) in [6.45, 7) is 3.72. The number of methoxy groups -OCH3 is 1. The molecule has 0 saturated carbocycles. The normalized spacial score (nSPS) is 10.5. The lowest BCUT2D eigenvalue weighted by atomic mass is 10.3. The number of nitrogens with zero attached hydrogens (tertiary/aromatic N) is 5. The van der Waals surface area contributed by atoms with Gasteiger partial charge in [0.15, 0.2) is 5.75 Å². The van der Waals surface area contributed by atoms with E-state index in [1.165, 1.54) is 7.11 Å². The predicted octanol–water partition coefficient (Wildman–Crippen LogP) is 1.68. The molecule has 96 valence electrons. The van der Waals surface area contributed by atoms with Gasteiger partial charge in [-0.25, -0.2) is 0 Å². The zero-order chi connectivity index (χ0) is 13.3. The summed E-state index contributed by atoms with van der Waals surface area (Å²) in [7, 11) is 3.27. The van der Waals surface area contributed by atoms with Crippen LogP contribution in [0.3, 0.4) is 0 Å². The molecule has 0 aromatic carbocycles. The molecule has 0 N–H and O–H groups in total. The number of hydrogen-bond donors (Lipinski definition) is 0. The van der Waals surface area contributed by atoms with E-state index >= 15 is 0 Å². The van der Waals surface area contributed by atoms with Crippen molar-refractivity contribution >= 4 is 11.6 Å². The molecule has 0 unspecified atom stereocenters. The first kappa shape index (κ1) is 12.6. The molecule has 18 heavy (non-hydrogen) atoms. The van der Waals surface area contributed by atoms with E-state index in [-0.39, 0.29) is 17.3 Å². The Morgan fingerprint density at radius 3 is 2.33 bits per heavy atom. The summed E-state index contributed by atoms with van der Waals surface area (Å²) in [4.78, 5) is 11.6. The van der Waals surface area contributed by atoms with Crippen molar-refractivity contribution in [2.45, 2.75) is 13.8 Å². The lowest BCUT2D eigenvalue weighted by Crippen LogP contribution is -1.99. The molecule has 2 rings (SSSR count). The van der Waals surface area contributed by atoms with Gasteiger partial charge in [-0.3, -0.25) is 4.68 Å². The molecule has 7 nitrogen and oxygen atoms in total. The zero-order valence-electron chi connectivity index (χ0n) is 10.4. The van der Waals surface area contributed by atoms with Crippen molar-refractivity contribution in [1.82, 2.24) is 24.7 Å². The second-order valence-corrected chi connectivity index (χ2v) is 3.94. The first-order chi connectivity index (χ1) is 8.51. The average molecular weight is 270 g/mol. The van der Waals surface area contributed by atoms with Crippen molar-refractivity contribution in [2.75, 3.05) is 7.11 Å². The molecule has 2 aromatic rings. The van der Waals surface area contributed by atoms with Gasteiger partial charge < -0.3 is 9.47 Å². The Hall–Kier alpha value is -1.89. The quantitative estimate of drug-likeness (QED) is 0.844. The number of halogens is 1. The van der Waals surface area contributed by atoms with Crippen molar-refractivity contribution in [2.24, 2.45) is 7.05 Å². The number of aromatic nitrogens is 5. The predicted molar refractivity (Wildman–Crippen MR) is 64.1 cm³/mol.